The van der Waals surface area contributed by atoms with Crippen molar-refractivity contribution < 1.29 is 51.1 Å². The van der Waals surface area contributed by atoms with Crippen molar-refractivity contribution in [1.29, 1.82) is 0 Å². The number of hydrogen-bond acceptors (Lipinski definition) is 10. The normalized spacial score (nSPS) is 12.9. The minimum atomic E-state index is -0.121. The fourth-order valence-corrected chi connectivity index (χ4v) is 10.8. The van der Waals surface area contributed by atoms with E-state index in [4.69, 9.17) is 0 Å². The molecule has 0 saturated carbocycles. The Morgan fingerprint density at radius 3 is 0.988 bits per heavy atom. The predicted octanol–water partition coefficient (Wildman–Crippen LogP) is 19.3. The maximum atomic E-state index is 9.67. The van der Waals surface area contributed by atoms with E-state index in [-0.39, 0.29) is 52.8 Å². The van der Waals surface area contributed by atoms with Crippen molar-refractivity contribution in [1.82, 2.24) is 0 Å². The van der Waals surface area contributed by atoms with Gasteiger partial charge in [-0.05, 0) is 186 Å². The van der Waals surface area contributed by atoms with Crippen LogP contribution in [0.3, 0.4) is 0 Å². The Balaban J connectivity index is 0.000000547. The molecule has 5 unspecified atom stereocenters. The van der Waals surface area contributed by atoms with E-state index in [1.54, 1.807) is 49.4 Å². The average Bonchev–Trinajstić information content (AvgIpc) is 3.42. The Hall–Kier alpha value is -4.64. The molecule has 4 aromatic rings. The van der Waals surface area contributed by atoms with Crippen LogP contribution >= 0.6 is 0 Å². The standard InChI is InChI=1S/2C18H30O3.2C18H30O2/c1-3-9-16(19)11-8-6-4-5-7-10-15-12-17(20)14(2)18(21)13-15;1-3-8-16(19)10-7-5-4-6-9-14(2)15-11-17(20)13-18(21)12-15;1-3-9-17(19)11-8-6-4-5-7-10-16-12-15(2)13-18(20)14-16;1-3-9-15(2)10-7-5-4-6-8-11-16-12-17(19)14-18(20)13-16/h12-13,16,19-21H,3-11H2,1-2H3;11-14,16,19-21H,3-10H2,1-2H3;12-14,17,19-20H,3-11H2,1-2H3;12-15,19-20H,3-11H2,1-2H3. The highest BCUT2D eigenvalue weighted by atomic mass is 16.3. The van der Waals surface area contributed by atoms with E-state index in [0.717, 1.165) is 157 Å². The van der Waals surface area contributed by atoms with E-state index >= 15 is 0 Å². The molecule has 10 heteroatoms. The number of benzene rings is 4. The number of aliphatic hydroxyl groups excluding tert-OH is 3. The first-order valence-electron chi connectivity index (χ1n) is 32.7. The number of aryl methyl sites for hydroxylation is 4. The number of aromatic hydroxyl groups is 7. The lowest BCUT2D eigenvalue weighted by atomic mass is 9.94. The van der Waals surface area contributed by atoms with Gasteiger partial charge in [0.1, 0.15) is 40.2 Å². The van der Waals surface area contributed by atoms with Gasteiger partial charge in [-0.3, -0.25) is 0 Å². The van der Waals surface area contributed by atoms with Crippen molar-refractivity contribution in [2.75, 3.05) is 0 Å². The van der Waals surface area contributed by atoms with Crippen molar-refractivity contribution in [2.45, 2.75) is 304 Å². The number of rotatable bonds is 40. The van der Waals surface area contributed by atoms with Gasteiger partial charge in [0.05, 0.1) is 18.3 Å². The lowest BCUT2D eigenvalue weighted by molar-refractivity contribution is 0.149. The number of phenols is 7. The summed E-state index contributed by atoms with van der Waals surface area (Å²) in [5.74, 6) is 2.53. The SMILES string of the molecule is CCCC(C)CCCCCCCc1cc(O)cc(O)c1.CCCC(O)CCCCCCC(C)c1cc(O)cc(O)c1.CCCC(O)CCCCCCCc1cc(C)cc(O)c1.CCCC(O)CCCCCCCc1cc(O)c(C)c(O)c1. The summed E-state index contributed by atoms with van der Waals surface area (Å²) in [7, 11) is 0. The summed E-state index contributed by atoms with van der Waals surface area (Å²) in [4.78, 5) is 0. The van der Waals surface area contributed by atoms with E-state index in [2.05, 4.69) is 47.6 Å². The van der Waals surface area contributed by atoms with Crippen LogP contribution in [0.15, 0.2) is 66.7 Å². The van der Waals surface area contributed by atoms with E-state index < -0.39 is 0 Å². The van der Waals surface area contributed by atoms with E-state index in [0.29, 0.717) is 17.2 Å². The van der Waals surface area contributed by atoms with Crippen LogP contribution in [0.2, 0.25) is 0 Å². The number of unbranched alkanes of at least 4 members (excludes halogenated alkanes) is 15. The third-order valence-corrected chi connectivity index (χ3v) is 15.7. The molecular formula is C72H120O10. The van der Waals surface area contributed by atoms with Gasteiger partial charge < -0.3 is 51.1 Å². The summed E-state index contributed by atoms with van der Waals surface area (Å²) in [6.45, 7) is 16.8. The molecule has 4 aromatic carbocycles. The van der Waals surface area contributed by atoms with Crippen molar-refractivity contribution in [3.8, 4) is 40.2 Å². The zero-order chi connectivity index (χ0) is 60.9. The zero-order valence-corrected chi connectivity index (χ0v) is 53.0. The lowest BCUT2D eigenvalue weighted by Crippen LogP contribution is -2.05. The molecule has 0 radical (unpaired) electrons. The smallest absolute Gasteiger partial charge is 0.122 e. The van der Waals surface area contributed by atoms with E-state index in [1.807, 2.05) is 13.0 Å². The number of aliphatic hydroxyl groups is 3. The van der Waals surface area contributed by atoms with Gasteiger partial charge >= 0.3 is 0 Å². The maximum absolute atomic E-state index is 9.67. The highest BCUT2D eigenvalue weighted by Gasteiger charge is 2.10. The van der Waals surface area contributed by atoms with Crippen molar-refractivity contribution in [3.05, 3.63) is 100 Å². The van der Waals surface area contributed by atoms with Crippen LogP contribution in [0.1, 0.15) is 286 Å². The molecule has 0 aromatic heterocycles. The number of hydrogen-bond donors (Lipinski definition) is 10. The highest BCUT2D eigenvalue weighted by molar-refractivity contribution is 5.45. The predicted molar refractivity (Wildman–Crippen MR) is 344 cm³/mol. The molecule has 0 fully saturated rings. The summed E-state index contributed by atoms with van der Waals surface area (Å²) in [6.07, 6.45) is 39.0. The summed E-state index contributed by atoms with van der Waals surface area (Å²) in [6, 6.07) is 19.0. The third-order valence-electron chi connectivity index (χ3n) is 15.7. The Morgan fingerprint density at radius 1 is 0.305 bits per heavy atom. The third kappa shape index (κ3) is 39.8. The Labute approximate surface area is 499 Å². The molecular weight excluding hydrogens is 1020 g/mol. The van der Waals surface area contributed by atoms with E-state index in [1.165, 1.54) is 114 Å². The minimum absolute atomic E-state index is 0.0877. The molecule has 0 saturated heterocycles. The van der Waals surface area contributed by atoms with Crippen LogP contribution in [0.25, 0.3) is 0 Å². The van der Waals surface area contributed by atoms with Gasteiger partial charge in [-0.25, -0.2) is 0 Å². The summed E-state index contributed by atoms with van der Waals surface area (Å²) in [5.41, 5.74) is 5.93. The van der Waals surface area contributed by atoms with Crippen LogP contribution in [-0.2, 0) is 19.3 Å². The molecule has 0 bridgehead atoms. The Bertz CT molecular complexity index is 2020. The molecule has 0 aliphatic carbocycles. The van der Waals surface area contributed by atoms with Crippen molar-refractivity contribution in [2.24, 2.45) is 5.92 Å². The first-order valence-corrected chi connectivity index (χ1v) is 32.7. The summed E-state index contributed by atoms with van der Waals surface area (Å²) < 4.78 is 0. The molecule has 5 atom stereocenters. The van der Waals surface area contributed by atoms with Gasteiger partial charge in [0, 0.05) is 17.7 Å². The Kier molecular flexibility index (Phi) is 43.8. The topological polar surface area (TPSA) is 202 Å². The van der Waals surface area contributed by atoms with Crippen LogP contribution in [0.4, 0.5) is 0 Å². The fourth-order valence-electron chi connectivity index (χ4n) is 10.8. The van der Waals surface area contributed by atoms with E-state index in [9.17, 15) is 51.1 Å². The van der Waals surface area contributed by atoms with Gasteiger partial charge in [-0.15, -0.1) is 0 Å². The van der Waals surface area contributed by atoms with Crippen LogP contribution in [-0.4, -0.2) is 69.4 Å². The van der Waals surface area contributed by atoms with Gasteiger partial charge in [-0.1, -0.05) is 189 Å². The molecule has 0 spiro atoms. The molecule has 4 rings (SSSR count). The molecule has 0 aliphatic rings. The monoisotopic (exact) mass is 1140 g/mol. The van der Waals surface area contributed by atoms with Crippen LogP contribution in [0, 0.1) is 19.8 Å². The van der Waals surface area contributed by atoms with Crippen LogP contribution < -0.4 is 0 Å². The fraction of sp³-hybridized carbons (Fsp3) is 0.667. The second-order valence-corrected chi connectivity index (χ2v) is 24.1. The largest absolute Gasteiger partial charge is 0.508 e. The first kappa shape index (κ1) is 75.4. The van der Waals surface area contributed by atoms with Crippen LogP contribution in [0.5, 0.6) is 40.2 Å². The molecule has 0 heterocycles. The minimum Gasteiger partial charge on any atom is -0.508 e. The quantitative estimate of drug-likeness (QED) is 0.0191. The highest BCUT2D eigenvalue weighted by Crippen LogP contribution is 2.31. The van der Waals surface area contributed by atoms with Crippen molar-refractivity contribution >= 4 is 0 Å². The van der Waals surface area contributed by atoms with Gasteiger partial charge in [0.25, 0.3) is 0 Å². The molecule has 0 aliphatic heterocycles. The molecule has 10 nitrogen and oxygen atoms in total. The second-order valence-electron chi connectivity index (χ2n) is 24.1. The maximum Gasteiger partial charge on any atom is 0.122 e. The van der Waals surface area contributed by atoms with Gasteiger partial charge in [-0.2, -0.15) is 0 Å². The Morgan fingerprint density at radius 2 is 0.610 bits per heavy atom. The molecule has 10 N–H and O–H groups in total. The van der Waals surface area contributed by atoms with Gasteiger partial charge in [0.15, 0.2) is 0 Å². The number of phenolic OH excluding ortho intramolecular Hbond substituents is 7. The van der Waals surface area contributed by atoms with Gasteiger partial charge in [0.2, 0.25) is 0 Å². The van der Waals surface area contributed by atoms with Crippen molar-refractivity contribution in [3.63, 3.8) is 0 Å². The average molecular weight is 1150 g/mol. The zero-order valence-electron chi connectivity index (χ0n) is 53.0. The molecule has 82 heavy (non-hydrogen) atoms. The molecule has 468 valence electrons. The first-order chi connectivity index (χ1) is 39.3. The lowest BCUT2D eigenvalue weighted by Gasteiger charge is -2.13. The summed E-state index contributed by atoms with van der Waals surface area (Å²) in [5, 5.41) is 95.6. The second kappa shape index (κ2) is 47.7. The molecule has 0 amide bonds. The summed E-state index contributed by atoms with van der Waals surface area (Å²) >= 11 is 0.